The molecule has 10 heteroatoms. The lowest BCUT2D eigenvalue weighted by Crippen LogP contribution is -2.55. The quantitative estimate of drug-likeness (QED) is 0.635. The highest BCUT2D eigenvalue weighted by atomic mass is 19.4. The minimum atomic E-state index is -4.38. The van der Waals surface area contributed by atoms with Gasteiger partial charge in [0.2, 0.25) is 17.7 Å². The smallest absolute Gasteiger partial charge is 0.394 e. The molecule has 1 radical (unpaired) electrons. The van der Waals surface area contributed by atoms with Gasteiger partial charge in [-0.3, -0.25) is 14.4 Å². The zero-order valence-corrected chi connectivity index (χ0v) is 16.5. The first kappa shape index (κ1) is 23.7. The third kappa shape index (κ3) is 6.19. The molecule has 1 saturated heterocycles. The summed E-state index contributed by atoms with van der Waals surface area (Å²) in [7, 11) is 0. The number of carbonyl (C=O) groups is 3. The molecule has 1 aromatic carbocycles. The number of halogens is 3. The lowest BCUT2D eigenvalue weighted by Gasteiger charge is -2.34. The molecule has 2 atom stereocenters. The zero-order valence-electron chi connectivity index (χ0n) is 16.5. The second-order valence-electron chi connectivity index (χ2n) is 7.22. The van der Waals surface area contributed by atoms with Gasteiger partial charge in [-0.1, -0.05) is 12.1 Å². The summed E-state index contributed by atoms with van der Waals surface area (Å²) < 4.78 is 38.1. The SMILES string of the molecule is [CH2][C@H](NC(=O)[C@H](CO)NC(C)=O)C(=O)N1CCC(c2ccc(C(F)(F)F)cc2)CC1. The molecule has 0 spiro atoms. The minimum absolute atomic E-state index is 0.0349. The van der Waals surface area contributed by atoms with E-state index in [2.05, 4.69) is 17.6 Å². The number of amides is 3. The van der Waals surface area contributed by atoms with Gasteiger partial charge in [-0.05, 0) is 43.4 Å². The van der Waals surface area contributed by atoms with Crippen molar-refractivity contribution in [3.8, 4) is 0 Å². The molecule has 1 aliphatic heterocycles. The predicted octanol–water partition coefficient (Wildman–Crippen LogP) is 1.23. The van der Waals surface area contributed by atoms with E-state index in [9.17, 15) is 32.7 Å². The Balaban J connectivity index is 1.88. The largest absolute Gasteiger partial charge is 0.416 e. The first-order valence-corrected chi connectivity index (χ1v) is 9.50. The van der Waals surface area contributed by atoms with Crippen LogP contribution in [0.2, 0.25) is 0 Å². The molecule has 7 nitrogen and oxygen atoms in total. The van der Waals surface area contributed by atoms with Crippen LogP contribution in [0.1, 0.15) is 36.8 Å². The van der Waals surface area contributed by atoms with Crippen molar-refractivity contribution in [3.05, 3.63) is 42.3 Å². The van der Waals surface area contributed by atoms with Crippen molar-refractivity contribution in [3.63, 3.8) is 0 Å². The Bertz CT molecular complexity index is 760. The monoisotopic (exact) mass is 428 g/mol. The van der Waals surface area contributed by atoms with Crippen molar-refractivity contribution < 1.29 is 32.7 Å². The van der Waals surface area contributed by atoms with Crippen molar-refractivity contribution >= 4 is 17.7 Å². The molecule has 3 amide bonds. The van der Waals surface area contributed by atoms with Crippen LogP contribution in [0.15, 0.2) is 24.3 Å². The number of hydrogen-bond acceptors (Lipinski definition) is 4. The van der Waals surface area contributed by atoms with Gasteiger partial charge in [-0.2, -0.15) is 13.2 Å². The van der Waals surface area contributed by atoms with Gasteiger partial charge in [0.15, 0.2) is 0 Å². The summed E-state index contributed by atoms with van der Waals surface area (Å²) in [5.74, 6) is -1.59. The predicted molar refractivity (Wildman–Crippen MR) is 102 cm³/mol. The molecular weight excluding hydrogens is 403 g/mol. The Labute approximate surface area is 172 Å². The van der Waals surface area contributed by atoms with E-state index in [1.807, 2.05) is 0 Å². The van der Waals surface area contributed by atoms with Gasteiger partial charge in [0.1, 0.15) is 12.1 Å². The Morgan fingerprint density at radius 1 is 1.17 bits per heavy atom. The van der Waals surface area contributed by atoms with Gasteiger partial charge in [0, 0.05) is 20.0 Å². The second kappa shape index (κ2) is 9.92. The van der Waals surface area contributed by atoms with E-state index >= 15 is 0 Å². The molecule has 0 unspecified atom stereocenters. The van der Waals surface area contributed by atoms with Crippen LogP contribution in [0.25, 0.3) is 0 Å². The maximum absolute atomic E-state index is 12.7. The highest BCUT2D eigenvalue weighted by molar-refractivity contribution is 5.92. The lowest BCUT2D eigenvalue weighted by atomic mass is 9.88. The summed E-state index contributed by atoms with van der Waals surface area (Å²) >= 11 is 0. The van der Waals surface area contributed by atoms with Gasteiger partial charge in [0.25, 0.3) is 0 Å². The van der Waals surface area contributed by atoms with Gasteiger partial charge < -0.3 is 20.6 Å². The van der Waals surface area contributed by atoms with Gasteiger partial charge >= 0.3 is 6.18 Å². The second-order valence-corrected chi connectivity index (χ2v) is 7.22. The molecule has 3 N–H and O–H groups in total. The van der Waals surface area contributed by atoms with E-state index in [0.29, 0.717) is 25.9 Å². The van der Waals surface area contributed by atoms with Crippen LogP contribution in [0.4, 0.5) is 13.2 Å². The first-order valence-electron chi connectivity index (χ1n) is 9.50. The number of alkyl halides is 3. The van der Waals surface area contributed by atoms with Crippen LogP contribution in [-0.2, 0) is 20.6 Å². The van der Waals surface area contributed by atoms with Crippen molar-refractivity contribution in [2.24, 2.45) is 0 Å². The molecule has 0 aromatic heterocycles. The molecule has 1 fully saturated rings. The zero-order chi connectivity index (χ0) is 22.5. The van der Waals surface area contributed by atoms with Gasteiger partial charge in [-0.25, -0.2) is 0 Å². The number of nitrogens with zero attached hydrogens (tertiary/aromatic N) is 1. The highest BCUT2D eigenvalue weighted by Crippen LogP contribution is 2.33. The Hall–Kier alpha value is -2.62. The maximum Gasteiger partial charge on any atom is 0.416 e. The van der Waals surface area contributed by atoms with Crippen molar-refractivity contribution in [2.75, 3.05) is 19.7 Å². The lowest BCUT2D eigenvalue weighted by molar-refractivity contribution is -0.138. The molecule has 1 aromatic rings. The average molecular weight is 428 g/mol. The number of likely N-dealkylation sites (tertiary alicyclic amines) is 1. The molecule has 0 saturated carbocycles. The van der Waals surface area contributed by atoms with Crippen LogP contribution in [0.3, 0.4) is 0 Å². The standard InChI is InChI=1S/C20H25F3N3O4/c1-12(24-18(29)17(11-27)25-13(2)28)19(30)26-9-7-15(8-10-26)14-3-5-16(6-4-14)20(21,22)23/h3-6,12,15,17,27H,1,7-11H2,2H3,(H,24,29)(H,25,28)/t12-,17-/m0/s1. The van der Waals surface area contributed by atoms with E-state index in [1.54, 1.807) is 0 Å². The third-order valence-corrected chi connectivity index (χ3v) is 5.01. The average Bonchev–Trinajstić information content (AvgIpc) is 2.70. The number of aliphatic hydroxyl groups excluding tert-OH is 1. The van der Waals surface area contributed by atoms with Crippen molar-refractivity contribution in [2.45, 2.75) is 43.9 Å². The highest BCUT2D eigenvalue weighted by Gasteiger charge is 2.32. The fourth-order valence-corrected chi connectivity index (χ4v) is 3.37. The third-order valence-electron chi connectivity index (χ3n) is 5.01. The van der Waals surface area contributed by atoms with E-state index < -0.39 is 48.2 Å². The number of piperidine rings is 1. The van der Waals surface area contributed by atoms with Crippen LogP contribution >= 0.6 is 0 Å². The number of hydrogen-bond donors (Lipinski definition) is 3. The fourth-order valence-electron chi connectivity index (χ4n) is 3.37. The summed E-state index contributed by atoms with van der Waals surface area (Å²) in [6.07, 6.45) is -3.23. The first-order chi connectivity index (χ1) is 14.0. The van der Waals surface area contributed by atoms with Crippen molar-refractivity contribution in [1.29, 1.82) is 0 Å². The van der Waals surface area contributed by atoms with Gasteiger partial charge in [0.05, 0.1) is 12.2 Å². The maximum atomic E-state index is 12.7. The number of benzene rings is 1. The molecule has 0 aliphatic carbocycles. The van der Waals surface area contributed by atoms with E-state index in [1.165, 1.54) is 24.0 Å². The fraction of sp³-hybridized carbons (Fsp3) is 0.500. The van der Waals surface area contributed by atoms with Crippen LogP contribution in [0, 0.1) is 6.92 Å². The van der Waals surface area contributed by atoms with E-state index in [4.69, 9.17) is 0 Å². The molecule has 30 heavy (non-hydrogen) atoms. The number of nitrogens with one attached hydrogen (secondary N) is 2. The Morgan fingerprint density at radius 3 is 2.20 bits per heavy atom. The molecule has 1 heterocycles. The molecule has 1 aliphatic rings. The normalized spacial score (nSPS) is 17.2. The molecular formula is C20H25F3N3O4. The summed E-state index contributed by atoms with van der Waals surface area (Å²) in [4.78, 5) is 37.2. The van der Waals surface area contributed by atoms with E-state index in [0.717, 1.165) is 17.7 Å². The van der Waals surface area contributed by atoms with Crippen LogP contribution in [0.5, 0.6) is 0 Å². The Morgan fingerprint density at radius 2 is 1.73 bits per heavy atom. The Kier molecular flexibility index (Phi) is 7.83. The number of rotatable bonds is 6. The van der Waals surface area contributed by atoms with Gasteiger partial charge in [-0.15, -0.1) is 0 Å². The molecule has 0 bridgehead atoms. The van der Waals surface area contributed by atoms with Crippen LogP contribution < -0.4 is 10.6 Å². The number of aliphatic hydroxyl groups is 1. The topological polar surface area (TPSA) is 98.7 Å². The molecule has 2 rings (SSSR count). The summed E-state index contributed by atoms with van der Waals surface area (Å²) in [6.45, 7) is 4.97. The summed E-state index contributed by atoms with van der Waals surface area (Å²) in [5.41, 5.74) is 0.0885. The minimum Gasteiger partial charge on any atom is -0.394 e. The summed E-state index contributed by atoms with van der Waals surface area (Å²) in [5, 5.41) is 13.8. The summed E-state index contributed by atoms with van der Waals surface area (Å²) in [6, 6.07) is 2.77. The molecule has 165 valence electrons. The number of carbonyl (C=O) groups excluding carboxylic acids is 3. The van der Waals surface area contributed by atoms with Crippen molar-refractivity contribution in [1.82, 2.24) is 15.5 Å². The van der Waals surface area contributed by atoms with E-state index in [-0.39, 0.29) is 5.92 Å². The van der Waals surface area contributed by atoms with Crippen LogP contribution in [-0.4, -0.2) is 59.5 Å².